The largest absolute Gasteiger partial charge is 0.395 e. The van der Waals surface area contributed by atoms with Crippen molar-refractivity contribution in [3.63, 3.8) is 0 Å². The fourth-order valence-electron chi connectivity index (χ4n) is 1.73. The molecule has 0 aromatic heterocycles. The van der Waals surface area contributed by atoms with Crippen LogP contribution in [-0.4, -0.2) is 40.2 Å². The van der Waals surface area contributed by atoms with Crippen molar-refractivity contribution in [2.75, 3.05) is 13.2 Å². The average Bonchev–Trinajstić information content (AvgIpc) is 2.49. The van der Waals surface area contributed by atoms with E-state index in [1.54, 1.807) is 0 Å². The van der Waals surface area contributed by atoms with Crippen LogP contribution in [0.4, 0.5) is 0 Å². The number of nitrogens with two attached hydrogens (primary N) is 1. The van der Waals surface area contributed by atoms with Crippen molar-refractivity contribution in [2.45, 2.75) is 31.8 Å². The van der Waals surface area contributed by atoms with Crippen LogP contribution in [0.1, 0.15) is 19.8 Å². The van der Waals surface area contributed by atoms with Crippen LogP contribution in [0.5, 0.6) is 0 Å². The molecular formula is C8H16N2OS. The number of hydrogen-bond donors (Lipinski definition) is 2. The zero-order chi connectivity index (χ0) is 9.14. The van der Waals surface area contributed by atoms with E-state index in [0.29, 0.717) is 4.99 Å². The lowest BCUT2D eigenvalue weighted by Crippen LogP contribution is -2.45. The summed E-state index contributed by atoms with van der Waals surface area (Å²) < 4.78 is 0. The maximum Gasteiger partial charge on any atom is 0.0899 e. The molecule has 0 aromatic rings. The molecule has 0 radical (unpaired) electrons. The lowest BCUT2D eigenvalue weighted by Gasteiger charge is -2.28. The Bertz CT molecular complexity index is 174. The molecule has 3 N–H and O–H groups in total. The van der Waals surface area contributed by atoms with Gasteiger partial charge in [0.25, 0.3) is 0 Å². The second kappa shape index (κ2) is 4.16. The van der Waals surface area contributed by atoms with Gasteiger partial charge in [0.2, 0.25) is 0 Å². The summed E-state index contributed by atoms with van der Waals surface area (Å²) in [5.41, 5.74) is 5.54. The van der Waals surface area contributed by atoms with E-state index in [2.05, 4.69) is 4.90 Å². The molecule has 0 spiro atoms. The van der Waals surface area contributed by atoms with E-state index >= 15 is 0 Å². The molecule has 1 saturated heterocycles. The number of aliphatic hydroxyl groups excluding tert-OH is 1. The second-order valence-corrected chi connectivity index (χ2v) is 3.77. The van der Waals surface area contributed by atoms with Crippen LogP contribution >= 0.6 is 12.2 Å². The average molecular weight is 188 g/mol. The highest BCUT2D eigenvalue weighted by Crippen LogP contribution is 2.19. The third-order valence-electron chi connectivity index (χ3n) is 2.54. The summed E-state index contributed by atoms with van der Waals surface area (Å²) in [5, 5.41) is 9.04. The molecule has 1 unspecified atom stereocenters. The highest BCUT2D eigenvalue weighted by atomic mass is 32.1. The highest BCUT2D eigenvalue weighted by Gasteiger charge is 2.28. The van der Waals surface area contributed by atoms with Crippen molar-refractivity contribution >= 4 is 17.2 Å². The Morgan fingerprint density at radius 3 is 3.00 bits per heavy atom. The lowest BCUT2D eigenvalue weighted by atomic mass is 10.2. The minimum Gasteiger partial charge on any atom is -0.395 e. The van der Waals surface area contributed by atoms with Gasteiger partial charge in [-0.2, -0.15) is 0 Å². The summed E-state index contributed by atoms with van der Waals surface area (Å²) in [6.07, 6.45) is 2.20. The highest BCUT2D eigenvalue weighted by molar-refractivity contribution is 7.80. The Balaban J connectivity index is 2.55. The number of likely N-dealkylation sites (tertiary alicyclic amines) is 1. The Morgan fingerprint density at radius 2 is 2.50 bits per heavy atom. The van der Waals surface area contributed by atoms with Gasteiger partial charge >= 0.3 is 0 Å². The van der Waals surface area contributed by atoms with Crippen LogP contribution in [0, 0.1) is 0 Å². The minimum atomic E-state index is 0.125. The third-order valence-corrected chi connectivity index (χ3v) is 2.88. The van der Waals surface area contributed by atoms with Crippen LogP contribution in [-0.2, 0) is 0 Å². The fraction of sp³-hybridized carbons (Fsp3) is 0.875. The fourth-order valence-corrected chi connectivity index (χ4v) is 1.86. The van der Waals surface area contributed by atoms with Crippen LogP contribution in [0.15, 0.2) is 0 Å². The van der Waals surface area contributed by atoms with E-state index in [9.17, 15) is 0 Å². The van der Waals surface area contributed by atoms with Crippen LogP contribution in [0.25, 0.3) is 0 Å². The molecule has 1 aliphatic heterocycles. The van der Waals surface area contributed by atoms with Gasteiger partial charge in [0.1, 0.15) is 0 Å². The van der Waals surface area contributed by atoms with Crippen molar-refractivity contribution in [1.82, 2.24) is 4.90 Å². The predicted molar refractivity (Wildman–Crippen MR) is 53.1 cm³/mol. The molecule has 1 rings (SSSR count). The quantitative estimate of drug-likeness (QED) is 0.618. The van der Waals surface area contributed by atoms with Gasteiger partial charge in [-0.3, -0.25) is 4.90 Å². The van der Waals surface area contributed by atoms with Crippen LogP contribution < -0.4 is 5.73 Å². The maximum absolute atomic E-state index is 9.04. The van der Waals surface area contributed by atoms with Crippen molar-refractivity contribution < 1.29 is 5.11 Å². The molecule has 1 heterocycles. The molecule has 12 heavy (non-hydrogen) atoms. The molecule has 0 aromatic carbocycles. The molecule has 0 aliphatic carbocycles. The van der Waals surface area contributed by atoms with Gasteiger partial charge in [-0.05, 0) is 26.3 Å². The zero-order valence-corrected chi connectivity index (χ0v) is 8.18. The number of nitrogens with zero attached hydrogens (tertiary/aromatic N) is 1. The van der Waals surface area contributed by atoms with E-state index in [-0.39, 0.29) is 18.7 Å². The van der Waals surface area contributed by atoms with Crippen molar-refractivity contribution in [2.24, 2.45) is 5.73 Å². The summed E-state index contributed by atoms with van der Waals surface area (Å²) >= 11 is 4.91. The number of hydrogen-bond acceptors (Lipinski definition) is 3. The van der Waals surface area contributed by atoms with E-state index < -0.39 is 0 Å². The topological polar surface area (TPSA) is 49.5 Å². The van der Waals surface area contributed by atoms with E-state index in [1.807, 2.05) is 6.92 Å². The molecule has 4 heteroatoms. The van der Waals surface area contributed by atoms with Gasteiger partial charge in [-0.15, -0.1) is 0 Å². The molecule has 1 aliphatic rings. The Morgan fingerprint density at radius 1 is 1.83 bits per heavy atom. The van der Waals surface area contributed by atoms with Crippen LogP contribution in [0.2, 0.25) is 0 Å². The first kappa shape index (κ1) is 9.89. The Labute approximate surface area is 78.5 Å². The molecule has 0 bridgehead atoms. The molecule has 0 saturated carbocycles. The molecular weight excluding hydrogens is 172 g/mol. The summed E-state index contributed by atoms with van der Waals surface area (Å²) in [4.78, 5) is 2.71. The Kier molecular flexibility index (Phi) is 3.43. The first-order valence-corrected chi connectivity index (χ1v) is 4.73. The van der Waals surface area contributed by atoms with Gasteiger partial charge in [0.15, 0.2) is 0 Å². The summed E-state index contributed by atoms with van der Waals surface area (Å²) in [5.74, 6) is 0. The molecule has 3 nitrogen and oxygen atoms in total. The smallest absolute Gasteiger partial charge is 0.0899 e. The number of aliphatic hydroxyl groups is 1. The first-order chi connectivity index (χ1) is 5.66. The van der Waals surface area contributed by atoms with Crippen molar-refractivity contribution in [3.8, 4) is 0 Å². The van der Waals surface area contributed by atoms with Gasteiger partial charge in [-0.25, -0.2) is 0 Å². The number of thiocarbonyl (C=S) groups is 1. The normalized spacial score (nSPS) is 27.3. The van der Waals surface area contributed by atoms with Gasteiger partial charge in [-0.1, -0.05) is 12.2 Å². The molecule has 70 valence electrons. The first-order valence-electron chi connectivity index (χ1n) is 4.32. The molecule has 1 fully saturated rings. The van der Waals surface area contributed by atoms with Crippen molar-refractivity contribution in [3.05, 3.63) is 0 Å². The van der Waals surface area contributed by atoms with E-state index in [1.165, 1.54) is 0 Å². The number of rotatable bonds is 3. The molecule has 0 amide bonds. The van der Waals surface area contributed by atoms with Gasteiger partial charge < -0.3 is 10.8 Å². The Hall–Kier alpha value is -0.190. The van der Waals surface area contributed by atoms with Crippen molar-refractivity contribution in [1.29, 1.82) is 0 Å². The standard InChI is InChI=1S/C8H16N2OS/c1-6(8(9)12)10-4-2-3-7(10)5-11/h6-7,11H,2-5H2,1H3,(H2,9,12)/t6?,7-/m1/s1. The maximum atomic E-state index is 9.04. The van der Waals surface area contributed by atoms with Crippen LogP contribution in [0.3, 0.4) is 0 Å². The van der Waals surface area contributed by atoms with E-state index in [4.69, 9.17) is 23.1 Å². The van der Waals surface area contributed by atoms with Gasteiger partial charge in [0.05, 0.1) is 17.6 Å². The predicted octanol–water partition coefficient (Wildman–Crippen LogP) is 0.118. The second-order valence-electron chi connectivity index (χ2n) is 3.29. The molecule has 2 atom stereocenters. The lowest BCUT2D eigenvalue weighted by molar-refractivity contribution is 0.149. The summed E-state index contributed by atoms with van der Waals surface area (Å²) in [6.45, 7) is 3.22. The zero-order valence-electron chi connectivity index (χ0n) is 7.36. The third kappa shape index (κ3) is 1.94. The monoisotopic (exact) mass is 188 g/mol. The van der Waals surface area contributed by atoms with Gasteiger partial charge in [0, 0.05) is 6.04 Å². The SMILES string of the molecule is CC(C(N)=S)N1CCC[C@@H]1CO. The minimum absolute atomic E-state index is 0.125. The van der Waals surface area contributed by atoms with E-state index in [0.717, 1.165) is 19.4 Å². The summed E-state index contributed by atoms with van der Waals surface area (Å²) in [7, 11) is 0. The summed E-state index contributed by atoms with van der Waals surface area (Å²) in [6, 6.07) is 0.390.